The van der Waals surface area contributed by atoms with Crippen LogP contribution >= 0.6 is 0 Å². The Morgan fingerprint density at radius 1 is 1.07 bits per heavy atom. The number of aryl methyl sites for hydroxylation is 1. The van der Waals surface area contributed by atoms with Crippen LogP contribution in [-0.4, -0.2) is 41.6 Å². The van der Waals surface area contributed by atoms with Crippen LogP contribution in [0.5, 0.6) is 5.75 Å². The van der Waals surface area contributed by atoms with Crippen molar-refractivity contribution in [2.24, 2.45) is 0 Å². The van der Waals surface area contributed by atoms with Gasteiger partial charge in [-0.2, -0.15) is 0 Å². The van der Waals surface area contributed by atoms with Crippen molar-refractivity contribution in [3.05, 3.63) is 66.6 Å². The molecule has 2 aromatic carbocycles. The monoisotopic (exact) mass is 400 g/mol. The normalized spacial score (nSPS) is 20.1. The molecule has 152 valence electrons. The lowest BCUT2D eigenvalue weighted by molar-refractivity contribution is -0.118. The Hall–Kier alpha value is -3.41. The molecule has 0 unspecified atom stereocenters. The number of amides is 1. The highest BCUT2D eigenvalue weighted by atomic mass is 16.5. The minimum Gasteiger partial charge on any atom is -0.495 e. The molecule has 0 spiro atoms. The van der Waals surface area contributed by atoms with E-state index in [9.17, 15) is 4.79 Å². The van der Waals surface area contributed by atoms with Gasteiger partial charge in [0.05, 0.1) is 18.8 Å². The van der Waals surface area contributed by atoms with Crippen LogP contribution in [0.2, 0.25) is 0 Å². The number of piperazine rings is 1. The highest BCUT2D eigenvalue weighted by Crippen LogP contribution is 2.42. The fraction of sp³-hybridized carbons (Fsp3) is 0.292. The summed E-state index contributed by atoms with van der Waals surface area (Å²) in [5.41, 5.74) is 4.02. The summed E-state index contributed by atoms with van der Waals surface area (Å²) in [7, 11) is 1.65. The number of rotatable bonds is 5. The third kappa shape index (κ3) is 3.00. The topological polar surface area (TPSA) is 58.6 Å². The Balaban J connectivity index is 1.48. The summed E-state index contributed by atoms with van der Waals surface area (Å²) in [6.45, 7) is 2.83. The van der Waals surface area contributed by atoms with Gasteiger partial charge in [-0.1, -0.05) is 43.3 Å². The number of hydrogen-bond acceptors (Lipinski definition) is 5. The van der Waals surface area contributed by atoms with Gasteiger partial charge in [0.25, 0.3) is 0 Å². The molecule has 5 rings (SSSR count). The van der Waals surface area contributed by atoms with Gasteiger partial charge in [0, 0.05) is 18.3 Å². The van der Waals surface area contributed by atoms with Crippen LogP contribution in [0, 0.1) is 0 Å². The van der Waals surface area contributed by atoms with Crippen molar-refractivity contribution in [2.75, 3.05) is 23.5 Å². The standard InChI is InChI=1S/C24H24N4O2/c1-3-18-12-23(26-15-25-18)27-14-19-13-21(27)24(29)28(19)20-11-17(9-10-22(20)30-2)16-7-5-4-6-8-16/h4-12,15,19,21H,3,13-14H2,1-2H3/t19-,21-/m0/s1. The molecule has 0 radical (unpaired) electrons. The van der Waals surface area contributed by atoms with Crippen molar-refractivity contribution in [1.29, 1.82) is 0 Å². The highest BCUT2D eigenvalue weighted by Gasteiger charge is 2.51. The van der Waals surface area contributed by atoms with Gasteiger partial charge in [-0.05, 0) is 36.1 Å². The van der Waals surface area contributed by atoms with Gasteiger partial charge in [-0.25, -0.2) is 9.97 Å². The second kappa shape index (κ2) is 7.44. The van der Waals surface area contributed by atoms with E-state index in [-0.39, 0.29) is 18.0 Å². The third-order valence-electron chi connectivity index (χ3n) is 6.08. The molecule has 3 heterocycles. The Morgan fingerprint density at radius 3 is 2.63 bits per heavy atom. The van der Waals surface area contributed by atoms with E-state index in [4.69, 9.17) is 4.74 Å². The maximum atomic E-state index is 13.4. The third-order valence-corrected chi connectivity index (χ3v) is 6.08. The summed E-state index contributed by atoms with van der Waals surface area (Å²) >= 11 is 0. The van der Waals surface area contributed by atoms with Crippen LogP contribution in [0.4, 0.5) is 11.5 Å². The highest BCUT2D eigenvalue weighted by molar-refractivity contribution is 6.05. The van der Waals surface area contributed by atoms with Crippen LogP contribution in [-0.2, 0) is 11.2 Å². The lowest BCUT2D eigenvalue weighted by Gasteiger charge is -2.35. The van der Waals surface area contributed by atoms with Crippen molar-refractivity contribution in [3.63, 3.8) is 0 Å². The largest absolute Gasteiger partial charge is 0.495 e. The van der Waals surface area contributed by atoms with E-state index < -0.39 is 0 Å². The molecule has 2 aliphatic rings. The van der Waals surface area contributed by atoms with Crippen molar-refractivity contribution in [2.45, 2.75) is 31.8 Å². The predicted octanol–water partition coefficient (Wildman–Crippen LogP) is 3.71. The van der Waals surface area contributed by atoms with Crippen molar-refractivity contribution in [1.82, 2.24) is 9.97 Å². The zero-order chi connectivity index (χ0) is 20.7. The molecular weight excluding hydrogens is 376 g/mol. The molecular formula is C24H24N4O2. The number of aromatic nitrogens is 2. The molecule has 6 heteroatoms. The van der Waals surface area contributed by atoms with Crippen molar-refractivity contribution >= 4 is 17.4 Å². The summed E-state index contributed by atoms with van der Waals surface area (Å²) in [5.74, 6) is 1.66. The van der Waals surface area contributed by atoms with Crippen LogP contribution in [0.3, 0.4) is 0 Å². The Morgan fingerprint density at radius 2 is 1.90 bits per heavy atom. The maximum Gasteiger partial charge on any atom is 0.250 e. The van der Waals surface area contributed by atoms with Gasteiger partial charge in [0.1, 0.15) is 23.9 Å². The molecule has 6 nitrogen and oxygen atoms in total. The average Bonchev–Trinajstić information content (AvgIpc) is 3.37. The molecule has 0 N–H and O–H groups in total. The predicted molar refractivity (Wildman–Crippen MR) is 117 cm³/mol. The zero-order valence-electron chi connectivity index (χ0n) is 17.2. The van der Waals surface area contributed by atoms with Crippen LogP contribution < -0.4 is 14.5 Å². The molecule has 2 atom stereocenters. The number of methoxy groups -OCH3 is 1. The lowest BCUT2D eigenvalue weighted by Crippen LogP contribution is -2.51. The maximum absolute atomic E-state index is 13.4. The van der Waals surface area contributed by atoms with Gasteiger partial charge < -0.3 is 14.5 Å². The molecule has 2 aliphatic heterocycles. The Kier molecular flexibility index (Phi) is 4.62. The first-order valence-electron chi connectivity index (χ1n) is 10.3. The number of hydrogen-bond donors (Lipinski definition) is 0. The first kappa shape index (κ1) is 18.6. The number of benzene rings is 2. The van der Waals surface area contributed by atoms with Crippen molar-refractivity contribution < 1.29 is 9.53 Å². The fourth-order valence-electron chi connectivity index (χ4n) is 4.57. The second-order valence-corrected chi connectivity index (χ2v) is 7.74. The van der Waals surface area contributed by atoms with Crippen molar-refractivity contribution in [3.8, 4) is 16.9 Å². The number of ether oxygens (including phenoxy) is 1. The first-order valence-corrected chi connectivity index (χ1v) is 10.3. The number of carbonyl (C=O) groups excluding carboxylic acids is 1. The van der Waals surface area contributed by atoms with E-state index in [1.165, 1.54) is 0 Å². The van der Waals surface area contributed by atoms with E-state index >= 15 is 0 Å². The van der Waals surface area contributed by atoms with Crippen LogP contribution in [0.15, 0.2) is 60.9 Å². The Labute approximate surface area is 176 Å². The van der Waals surface area contributed by atoms with E-state index in [0.717, 1.165) is 53.5 Å². The van der Waals surface area contributed by atoms with Gasteiger partial charge in [-0.15, -0.1) is 0 Å². The fourth-order valence-corrected chi connectivity index (χ4v) is 4.57. The van der Waals surface area contributed by atoms with Gasteiger partial charge in [0.15, 0.2) is 0 Å². The molecule has 2 bridgehead atoms. The SMILES string of the molecule is CCc1cc(N2C[C@@H]3C[C@H]2C(=O)N3c2cc(-c3ccccc3)ccc2OC)ncn1. The van der Waals surface area contributed by atoms with Crippen LogP contribution in [0.25, 0.3) is 11.1 Å². The van der Waals surface area contributed by atoms with E-state index in [0.29, 0.717) is 0 Å². The molecule has 2 saturated heterocycles. The van der Waals surface area contributed by atoms with Crippen LogP contribution in [0.1, 0.15) is 19.0 Å². The minimum absolute atomic E-state index is 0.0995. The molecule has 1 amide bonds. The van der Waals surface area contributed by atoms with Gasteiger partial charge in [0.2, 0.25) is 5.91 Å². The van der Waals surface area contributed by atoms with E-state index in [1.54, 1.807) is 13.4 Å². The number of nitrogens with zero attached hydrogens (tertiary/aromatic N) is 4. The molecule has 30 heavy (non-hydrogen) atoms. The molecule has 3 aromatic rings. The minimum atomic E-state index is -0.195. The summed E-state index contributed by atoms with van der Waals surface area (Å²) in [5, 5.41) is 0. The average molecular weight is 400 g/mol. The molecule has 0 aliphatic carbocycles. The summed E-state index contributed by atoms with van der Waals surface area (Å²) in [6, 6.07) is 18.1. The summed E-state index contributed by atoms with van der Waals surface area (Å²) in [6.07, 6.45) is 3.23. The quantitative estimate of drug-likeness (QED) is 0.654. The molecule has 1 aromatic heterocycles. The van der Waals surface area contributed by atoms with Gasteiger partial charge >= 0.3 is 0 Å². The molecule has 2 fully saturated rings. The number of anilines is 2. The Bertz CT molecular complexity index is 1090. The smallest absolute Gasteiger partial charge is 0.250 e. The van der Waals surface area contributed by atoms with E-state index in [1.807, 2.05) is 41.3 Å². The lowest BCUT2D eigenvalue weighted by atomic mass is 10.0. The molecule has 0 saturated carbocycles. The van der Waals surface area contributed by atoms with E-state index in [2.05, 4.69) is 40.0 Å². The second-order valence-electron chi connectivity index (χ2n) is 7.74. The zero-order valence-corrected chi connectivity index (χ0v) is 17.2. The number of carbonyl (C=O) groups is 1. The number of fused-ring (bicyclic) bond motifs is 2. The first-order chi connectivity index (χ1) is 14.7. The summed E-state index contributed by atoms with van der Waals surface area (Å²) in [4.78, 5) is 26.2. The summed E-state index contributed by atoms with van der Waals surface area (Å²) < 4.78 is 5.62. The van der Waals surface area contributed by atoms with Gasteiger partial charge in [-0.3, -0.25) is 4.79 Å².